The average molecular weight is 373 g/mol. The summed E-state index contributed by atoms with van der Waals surface area (Å²) in [6.07, 6.45) is 0.760. The normalized spacial score (nSPS) is 10.8. The fraction of sp³-hybridized carbons (Fsp3) is 0.278. The number of rotatable bonds is 5. The largest absolute Gasteiger partial charge is 0.493 e. The number of benzene rings is 1. The third kappa shape index (κ3) is 2.72. The quantitative estimate of drug-likeness (QED) is 0.643. The van der Waals surface area contributed by atoms with Gasteiger partial charge in [0, 0.05) is 25.4 Å². The summed E-state index contributed by atoms with van der Waals surface area (Å²) in [5.41, 5.74) is 2.38. The van der Waals surface area contributed by atoms with Gasteiger partial charge in [-0.15, -0.1) is 0 Å². The molecular formula is C18H19N3O4S. The zero-order valence-corrected chi connectivity index (χ0v) is 16.0. The summed E-state index contributed by atoms with van der Waals surface area (Å²) in [6.45, 7) is 1.81. The van der Waals surface area contributed by atoms with E-state index in [4.69, 9.17) is 9.47 Å². The van der Waals surface area contributed by atoms with Gasteiger partial charge >= 0.3 is 0 Å². The van der Waals surface area contributed by atoms with E-state index in [1.807, 2.05) is 13.0 Å². The fourth-order valence-electron chi connectivity index (χ4n) is 2.78. The van der Waals surface area contributed by atoms with Gasteiger partial charge in [-0.3, -0.25) is 14.0 Å². The van der Waals surface area contributed by atoms with Crippen molar-refractivity contribution in [2.45, 2.75) is 6.92 Å². The minimum atomic E-state index is -0.109. The monoisotopic (exact) mass is 373 g/mol. The molecule has 0 radical (unpaired) electrons. The molecule has 0 fully saturated rings. The highest BCUT2D eigenvalue weighted by Crippen LogP contribution is 2.35. The van der Waals surface area contributed by atoms with Crippen LogP contribution in [0.2, 0.25) is 0 Å². The third-order valence-electron chi connectivity index (χ3n) is 4.11. The van der Waals surface area contributed by atoms with E-state index >= 15 is 0 Å². The number of carbonyl (C=O) groups is 2. The Labute approximate surface area is 154 Å². The van der Waals surface area contributed by atoms with E-state index in [0.29, 0.717) is 38.4 Å². The van der Waals surface area contributed by atoms with Crippen LogP contribution >= 0.6 is 11.3 Å². The second-order valence-electron chi connectivity index (χ2n) is 5.87. The maximum Gasteiger partial charge on any atom is 0.265 e. The van der Waals surface area contributed by atoms with Crippen molar-refractivity contribution >= 4 is 28.5 Å². The molecule has 8 heteroatoms. The Hall–Kier alpha value is -2.87. The van der Waals surface area contributed by atoms with E-state index < -0.39 is 0 Å². The number of hydrogen-bond donors (Lipinski definition) is 0. The third-order valence-corrected chi connectivity index (χ3v) is 5.24. The fourth-order valence-corrected chi connectivity index (χ4v) is 3.93. The van der Waals surface area contributed by atoms with Gasteiger partial charge in [0.2, 0.25) is 0 Å². The van der Waals surface area contributed by atoms with Crippen molar-refractivity contribution in [3.8, 4) is 22.8 Å². The number of nitrogens with zero attached hydrogens (tertiary/aromatic N) is 3. The van der Waals surface area contributed by atoms with Crippen LogP contribution < -0.4 is 9.47 Å². The number of carbonyl (C=O) groups excluding carboxylic acids is 2. The van der Waals surface area contributed by atoms with Gasteiger partial charge in [-0.25, -0.2) is 4.98 Å². The van der Waals surface area contributed by atoms with Crippen LogP contribution in [0.3, 0.4) is 0 Å². The van der Waals surface area contributed by atoms with Gasteiger partial charge < -0.3 is 14.4 Å². The van der Waals surface area contributed by atoms with Crippen LogP contribution in [-0.4, -0.2) is 54.8 Å². The van der Waals surface area contributed by atoms with Crippen molar-refractivity contribution < 1.29 is 19.1 Å². The number of aldehydes is 1. The van der Waals surface area contributed by atoms with Crippen LogP contribution in [0.25, 0.3) is 16.2 Å². The van der Waals surface area contributed by atoms with E-state index in [1.54, 1.807) is 44.8 Å². The molecule has 0 bridgehead atoms. The molecule has 2 heterocycles. The van der Waals surface area contributed by atoms with Gasteiger partial charge in [-0.05, 0) is 25.1 Å². The highest BCUT2D eigenvalue weighted by molar-refractivity contribution is 7.19. The number of hydrogen-bond acceptors (Lipinski definition) is 6. The van der Waals surface area contributed by atoms with Crippen molar-refractivity contribution in [1.29, 1.82) is 0 Å². The lowest BCUT2D eigenvalue weighted by molar-refractivity contribution is 0.0831. The Morgan fingerprint density at radius 3 is 2.50 bits per heavy atom. The molecule has 3 aromatic rings. The molecule has 0 aliphatic rings. The van der Waals surface area contributed by atoms with E-state index in [9.17, 15) is 9.59 Å². The molecule has 7 nitrogen and oxygen atoms in total. The number of ether oxygens (including phenoxy) is 2. The highest BCUT2D eigenvalue weighted by Gasteiger charge is 2.23. The van der Waals surface area contributed by atoms with E-state index in [0.717, 1.165) is 11.8 Å². The van der Waals surface area contributed by atoms with Gasteiger partial charge in [0.25, 0.3) is 5.91 Å². The average Bonchev–Trinajstić information content (AvgIpc) is 3.16. The molecule has 2 aromatic heterocycles. The first kappa shape index (κ1) is 17.9. The summed E-state index contributed by atoms with van der Waals surface area (Å²) >= 11 is 1.27. The predicted octanol–water partition coefficient (Wildman–Crippen LogP) is 2.90. The lowest BCUT2D eigenvalue weighted by Gasteiger charge is -2.10. The Morgan fingerprint density at radius 1 is 1.23 bits per heavy atom. The molecule has 0 saturated heterocycles. The molecule has 26 heavy (non-hydrogen) atoms. The number of aryl methyl sites for hydroxylation is 1. The number of imidazole rings is 1. The summed E-state index contributed by atoms with van der Waals surface area (Å²) in [5.74, 6) is 1.04. The van der Waals surface area contributed by atoms with Crippen LogP contribution in [0.4, 0.5) is 0 Å². The van der Waals surface area contributed by atoms with Crippen LogP contribution in [-0.2, 0) is 0 Å². The van der Waals surface area contributed by atoms with E-state index in [2.05, 4.69) is 4.98 Å². The van der Waals surface area contributed by atoms with E-state index in [1.165, 1.54) is 16.2 Å². The minimum absolute atomic E-state index is 0.109. The molecule has 0 aliphatic carbocycles. The zero-order valence-electron chi connectivity index (χ0n) is 15.2. The Bertz CT molecular complexity index is 1000. The van der Waals surface area contributed by atoms with Crippen molar-refractivity contribution in [1.82, 2.24) is 14.3 Å². The second kappa shape index (κ2) is 6.80. The van der Waals surface area contributed by atoms with Gasteiger partial charge in [0.05, 0.1) is 14.2 Å². The summed E-state index contributed by atoms with van der Waals surface area (Å²) in [4.78, 5) is 31.4. The molecule has 1 amide bonds. The molecule has 1 aromatic carbocycles. The summed E-state index contributed by atoms with van der Waals surface area (Å²) in [5, 5.41) is 0. The van der Waals surface area contributed by atoms with Crippen LogP contribution in [0.1, 0.15) is 25.9 Å². The number of amides is 1. The van der Waals surface area contributed by atoms with Crippen LogP contribution in [0, 0.1) is 6.92 Å². The molecule has 0 saturated carbocycles. The highest BCUT2D eigenvalue weighted by atomic mass is 32.1. The number of aromatic nitrogens is 2. The number of fused-ring (bicyclic) bond motifs is 1. The predicted molar refractivity (Wildman–Crippen MR) is 99.8 cm³/mol. The van der Waals surface area contributed by atoms with Crippen molar-refractivity contribution in [3.63, 3.8) is 0 Å². The standard InChI is InChI=1S/C18H19N3O4S/c1-10-16(17(23)20(2)3)26-18-19-15(12(9-22)21(10)18)11-6-7-13(24-4)14(8-11)25-5/h6-9H,1-5H3. The second-order valence-corrected chi connectivity index (χ2v) is 6.84. The Kier molecular flexibility index (Phi) is 4.69. The number of methoxy groups -OCH3 is 2. The molecule has 0 aliphatic heterocycles. The van der Waals surface area contributed by atoms with Crippen molar-refractivity contribution in [3.05, 3.63) is 34.5 Å². The van der Waals surface area contributed by atoms with E-state index in [-0.39, 0.29) is 5.91 Å². The first-order valence-corrected chi connectivity index (χ1v) is 8.65. The maximum atomic E-state index is 12.3. The van der Waals surface area contributed by atoms with Crippen LogP contribution in [0.5, 0.6) is 11.5 Å². The van der Waals surface area contributed by atoms with Gasteiger partial charge in [0.1, 0.15) is 16.3 Å². The van der Waals surface area contributed by atoms with Crippen LogP contribution in [0.15, 0.2) is 18.2 Å². The van der Waals surface area contributed by atoms with Gasteiger partial charge in [-0.2, -0.15) is 0 Å². The SMILES string of the molecule is COc1ccc(-c2nc3sc(C(=O)N(C)C)c(C)n3c2C=O)cc1OC. The summed E-state index contributed by atoms with van der Waals surface area (Å²) in [6, 6.07) is 5.37. The summed E-state index contributed by atoms with van der Waals surface area (Å²) in [7, 11) is 6.50. The van der Waals surface area contributed by atoms with Gasteiger partial charge in [0.15, 0.2) is 22.7 Å². The number of thiazole rings is 1. The molecule has 0 N–H and O–H groups in total. The molecule has 0 atom stereocenters. The Morgan fingerprint density at radius 2 is 1.92 bits per heavy atom. The lowest BCUT2D eigenvalue weighted by atomic mass is 10.1. The minimum Gasteiger partial charge on any atom is -0.493 e. The molecule has 3 rings (SSSR count). The lowest BCUT2D eigenvalue weighted by Crippen LogP contribution is -2.21. The maximum absolute atomic E-state index is 12.3. The topological polar surface area (TPSA) is 73.1 Å². The smallest absolute Gasteiger partial charge is 0.265 e. The molecule has 136 valence electrons. The van der Waals surface area contributed by atoms with Crippen molar-refractivity contribution in [2.24, 2.45) is 0 Å². The van der Waals surface area contributed by atoms with Crippen molar-refractivity contribution in [2.75, 3.05) is 28.3 Å². The van der Waals surface area contributed by atoms with Gasteiger partial charge in [-0.1, -0.05) is 11.3 Å². The summed E-state index contributed by atoms with van der Waals surface area (Å²) < 4.78 is 12.3. The zero-order chi connectivity index (χ0) is 19.0. The molecule has 0 unspecified atom stereocenters. The first-order valence-electron chi connectivity index (χ1n) is 7.84. The molecular weight excluding hydrogens is 354 g/mol. The Balaban J connectivity index is 2.20. The first-order chi connectivity index (χ1) is 12.4. The molecule has 0 spiro atoms.